The molecule has 0 spiro atoms. The molecule has 0 saturated heterocycles. The van der Waals surface area contributed by atoms with Crippen molar-refractivity contribution in [1.29, 1.82) is 0 Å². The molecular weight excluding hydrogens is 241 g/mol. The topological polar surface area (TPSA) is 25.2 Å². The Morgan fingerprint density at radius 3 is 2.59 bits per heavy atom. The van der Waals surface area contributed by atoms with Crippen molar-refractivity contribution in [3.63, 3.8) is 0 Å². The molecule has 0 bridgehead atoms. The van der Waals surface area contributed by atoms with Gasteiger partial charge in [-0.15, -0.1) is 0 Å². The number of hydrogen-bond donors (Lipinski definition) is 1. The Kier molecular flexibility index (Phi) is 3.22. The van der Waals surface area contributed by atoms with Crippen LogP contribution in [-0.4, -0.2) is 9.67 Å². The predicted molar refractivity (Wildman–Crippen MR) is 66.5 cm³/mol. The number of benzene rings is 1. The van der Waals surface area contributed by atoms with E-state index in [9.17, 15) is 9.50 Å². The number of aliphatic hydroxyl groups is 1. The molecule has 0 saturated carbocycles. The average molecular weight is 254 g/mol. The van der Waals surface area contributed by atoms with Gasteiger partial charge in [0.05, 0.1) is 11.6 Å². The van der Waals surface area contributed by atoms with Crippen molar-refractivity contribution in [3.05, 3.63) is 46.4 Å². The molecule has 1 aromatic carbocycles. The van der Waals surface area contributed by atoms with Crippen LogP contribution in [0.25, 0.3) is 11.3 Å². The van der Waals surface area contributed by atoms with Crippen molar-refractivity contribution in [1.82, 2.24) is 4.57 Å². The molecule has 17 heavy (non-hydrogen) atoms. The SMILES string of the molecule is Cc1c(CO)cc(-c2ccc(F)c(Cl)c2)n1C. The second-order valence-electron chi connectivity index (χ2n) is 3.99. The van der Waals surface area contributed by atoms with Gasteiger partial charge in [-0.2, -0.15) is 0 Å². The molecule has 0 aliphatic rings. The number of halogens is 2. The van der Waals surface area contributed by atoms with Crippen LogP contribution < -0.4 is 0 Å². The molecule has 2 nitrogen and oxygen atoms in total. The largest absolute Gasteiger partial charge is 0.392 e. The standard InChI is InChI=1S/C13H13ClFNO/c1-8-10(7-17)6-13(16(8)2)9-3-4-12(15)11(14)5-9/h3-6,17H,7H2,1-2H3. The van der Waals surface area contributed by atoms with Gasteiger partial charge >= 0.3 is 0 Å². The molecule has 1 aromatic heterocycles. The zero-order valence-corrected chi connectivity index (χ0v) is 10.4. The summed E-state index contributed by atoms with van der Waals surface area (Å²) in [5.74, 6) is -0.427. The van der Waals surface area contributed by atoms with Gasteiger partial charge in [0, 0.05) is 18.4 Å². The second kappa shape index (κ2) is 4.51. The van der Waals surface area contributed by atoms with Gasteiger partial charge in [-0.3, -0.25) is 0 Å². The van der Waals surface area contributed by atoms with Gasteiger partial charge in [0.2, 0.25) is 0 Å². The minimum atomic E-state index is -0.427. The summed E-state index contributed by atoms with van der Waals surface area (Å²) in [5, 5.41) is 9.31. The maximum absolute atomic E-state index is 13.1. The minimum Gasteiger partial charge on any atom is -0.392 e. The summed E-state index contributed by atoms with van der Waals surface area (Å²) in [6.07, 6.45) is 0. The number of aliphatic hydroxyl groups excluding tert-OH is 1. The van der Waals surface area contributed by atoms with Crippen LogP contribution in [0.4, 0.5) is 4.39 Å². The van der Waals surface area contributed by atoms with Crippen molar-refractivity contribution in [2.45, 2.75) is 13.5 Å². The van der Waals surface area contributed by atoms with Gasteiger partial charge in [0.25, 0.3) is 0 Å². The van der Waals surface area contributed by atoms with Crippen molar-refractivity contribution >= 4 is 11.6 Å². The van der Waals surface area contributed by atoms with Crippen LogP contribution in [0.5, 0.6) is 0 Å². The molecule has 0 fully saturated rings. The Hall–Kier alpha value is -1.32. The molecule has 0 amide bonds. The lowest BCUT2D eigenvalue weighted by molar-refractivity contribution is 0.281. The normalized spacial score (nSPS) is 10.9. The van der Waals surface area contributed by atoms with Crippen LogP contribution in [0.15, 0.2) is 24.3 Å². The molecule has 0 aliphatic carbocycles. The van der Waals surface area contributed by atoms with E-state index < -0.39 is 5.82 Å². The van der Waals surface area contributed by atoms with E-state index in [0.29, 0.717) is 0 Å². The van der Waals surface area contributed by atoms with E-state index in [-0.39, 0.29) is 11.6 Å². The molecule has 4 heteroatoms. The van der Waals surface area contributed by atoms with Crippen molar-refractivity contribution in [3.8, 4) is 11.3 Å². The van der Waals surface area contributed by atoms with Gasteiger partial charge in [0.1, 0.15) is 5.82 Å². The van der Waals surface area contributed by atoms with E-state index in [2.05, 4.69) is 0 Å². The lowest BCUT2D eigenvalue weighted by Crippen LogP contribution is -1.95. The predicted octanol–water partition coefficient (Wildman–Crippen LogP) is 3.29. The summed E-state index contributed by atoms with van der Waals surface area (Å²) >= 11 is 5.76. The molecule has 1 N–H and O–H groups in total. The Morgan fingerprint density at radius 2 is 2.06 bits per heavy atom. The highest BCUT2D eigenvalue weighted by Gasteiger charge is 2.11. The first-order valence-corrected chi connectivity index (χ1v) is 5.64. The molecule has 90 valence electrons. The first kappa shape index (κ1) is 12.1. The van der Waals surface area contributed by atoms with E-state index >= 15 is 0 Å². The third-order valence-corrected chi connectivity index (χ3v) is 3.32. The molecule has 2 aromatic rings. The van der Waals surface area contributed by atoms with E-state index in [1.165, 1.54) is 6.07 Å². The van der Waals surface area contributed by atoms with E-state index in [1.807, 2.05) is 24.6 Å². The first-order chi connectivity index (χ1) is 8.04. The second-order valence-corrected chi connectivity index (χ2v) is 4.39. The molecular formula is C13H13ClFNO. The van der Waals surface area contributed by atoms with Crippen LogP contribution in [0.1, 0.15) is 11.3 Å². The van der Waals surface area contributed by atoms with Crippen molar-refractivity contribution in [2.75, 3.05) is 0 Å². The zero-order chi connectivity index (χ0) is 12.6. The highest BCUT2D eigenvalue weighted by molar-refractivity contribution is 6.31. The minimum absolute atomic E-state index is 0.00536. The van der Waals surface area contributed by atoms with E-state index in [0.717, 1.165) is 22.5 Å². The third kappa shape index (κ3) is 2.08. The fourth-order valence-electron chi connectivity index (χ4n) is 1.85. The average Bonchev–Trinajstić information content (AvgIpc) is 2.60. The third-order valence-electron chi connectivity index (χ3n) is 3.03. The summed E-state index contributed by atoms with van der Waals surface area (Å²) in [4.78, 5) is 0. The smallest absolute Gasteiger partial charge is 0.141 e. The van der Waals surface area contributed by atoms with Crippen molar-refractivity contribution in [2.24, 2.45) is 7.05 Å². The Labute approximate surface area is 104 Å². The summed E-state index contributed by atoms with van der Waals surface area (Å²) in [5.41, 5.74) is 3.60. The Balaban J connectivity index is 2.56. The van der Waals surface area contributed by atoms with Gasteiger partial charge < -0.3 is 9.67 Å². The number of nitrogens with zero attached hydrogens (tertiary/aromatic N) is 1. The number of aromatic nitrogens is 1. The maximum atomic E-state index is 13.1. The molecule has 1 heterocycles. The lowest BCUT2D eigenvalue weighted by Gasteiger charge is -2.06. The molecule has 0 radical (unpaired) electrons. The Bertz CT molecular complexity index is 563. The summed E-state index contributed by atoms with van der Waals surface area (Å²) in [6, 6.07) is 6.50. The van der Waals surface area contributed by atoms with Crippen LogP contribution in [-0.2, 0) is 13.7 Å². The summed E-state index contributed by atoms with van der Waals surface area (Å²) in [7, 11) is 1.90. The molecule has 0 atom stereocenters. The van der Waals surface area contributed by atoms with Gasteiger partial charge in [-0.1, -0.05) is 11.6 Å². The van der Waals surface area contributed by atoms with Crippen molar-refractivity contribution < 1.29 is 9.50 Å². The van der Waals surface area contributed by atoms with E-state index in [1.54, 1.807) is 12.1 Å². The number of hydrogen-bond acceptors (Lipinski definition) is 1. The van der Waals surface area contributed by atoms with Gasteiger partial charge in [0.15, 0.2) is 0 Å². The molecule has 0 aliphatic heterocycles. The highest BCUT2D eigenvalue weighted by atomic mass is 35.5. The van der Waals surface area contributed by atoms with E-state index in [4.69, 9.17) is 11.6 Å². The fourth-order valence-corrected chi connectivity index (χ4v) is 2.04. The maximum Gasteiger partial charge on any atom is 0.141 e. The quantitative estimate of drug-likeness (QED) is 0.873. The molecule has 2 rings (SSSR count). The first-order valence-electron chi connectivity index (χ1n) is 5.26. The van der Waals surface area contributed by atoms with Crippen LogP contribution >= 0.6 is 11.6 Å². The lowest BCUT2D eigenvalue weighted by atomic mass is 10.1. The molecule has 0 unspecified atom stereocenters. The highest BCUT2D eigenvalue weighted by Crippen LogP contribution is 2.28. The zero-order valence-electron chi connectivity index (χ0n) is 9.67. The van der Waals surface area contributed by atoms with Crippen LogP contribution in [0.2, 0.25) is 5.02 Å². The Morgan fingerprint density at radius 1 is 1.35 bits per heavy atom. The van der Waals surface area contributed by atoms with Gasteiger partial charge in [-0.05, 0) is 42.3 Å². The fraction of sp³-hybridized carbons (Fsp3) is 0.231. The van der Waals surface area contributed by atoms with Crippen LogP contribution in [0.3, 0.4) is 0 Å². The summed E-state index contributed by atoms with van der Waals surface area (Å²) in [6.45, 7) is 1.93. The number of rotatable bonds is 2. The monoisotopic (exact) mass is 253 g/mol. The summed E-state index contributed by atoms with van der Waals surface area (Å²) < 4.78 is 15.0. The van der Waals surface area contributed by atoms with Crippen LogP contribution in [0, 0.1) is 12.7 Å². The van der Waals surface area contributed by atoms with Gasteiger partial charge in [-0.25, -0.2) is 4.39 Å².